The van der Waals surface area contributed by atoms with E-state index in [9.17, 15) is 9.59 Å². The lowest BCUT2D eigenvalue weighted by molar-refractivity contribution is -0.141. The normalized spacial score (nSPS) is 13.4. The maximum Gasteiger partial charge on any atom is 0.308 e. The topological polar surface area (TPSA) is 92.4 Å². The molecular formula is C15H16N2O4. The zero-order valence-corrected chi connectivity index (χ0v) is 11.7. The van der Waals surface area contributed by atoms with Crippen LogP contribution in [0, 0.1) is 5.92 Å². The first-order valence-corrected chi connectivity index (χ1v) is 6.55. The molecule has 0 fully saturated rings. The van der Waals surface area contributed by atoms with Crippen LogP contribution in [0.3, 0.4) is 0 Å². The highest BCUT2D eigenvalue weighted by atomic mass is 16.5. The van der Waals surface area contributed by atoms with E-state index in [1.807, 2.05) is 30.3 Å². The number of carbonyl (C=O) groups excluding carboxylic acids is 1. The summed E-state index contributed by atoms with van der Waals surface area (Å²) in [5.41, 5.74) is 0.939. The quantitative estimate of drug-likeness (QED) is 0.879. The third kappa shape index (κ3) is 3.47. The van der Waals surface area contributed by atoms with Gasteiger partial charge in [-0.2, -0.15) is 0 Å². The van der Waals surface area contributed by atoms with E-state index >= 15 is 0 Å². The van der Waals surface area contributed by atoms with Crippen molar-refractivity contribution in [3.63, 3.8) is 0 Å². The number of nitrogens with zero attached hydrogens (tertiary/aromatic N) is 1. The van der Waals surface area contributed by atoms with Crippen LogP contribution >= 0.6 is 0 Å². The van der Waals surface area contributed by atoms with Gasteiger partial charge in [-0.25, -0.2) is 0 Å². The van der Waals surface area contributed by atoms with Gasteiger partial charge in [0.15, 0.2) is 11.5 Å². The lowest BCUT2D eigenvalue weighted by Crippen LogP contribution is -2.40. The monoisotopic (exact) mass is 288 g/mol. The summed E-state index contributed by atoms with van der Waals surface area (Å²) < 4.78 is 5.13. The van der Waals surface area contributed by atoms with Crippen molar-refractivity contribution in [1.82, 2.24) is 10.5 Å². The van der Waals surface area contributed by atoms with E-state index in [0.29, 0.717) is 5.76 Å². The molecule has 1 heterocycles. The van der Waals surface area contributed by atoms with Crippen LogP contribution in [0.2, 0.25) is 0 Å². The van der Waals surface area contributed by atoms with Gasteiger partial charge in [-0.05, 0) is 13.8 Å². The van der Waals surface area contributed by atoms with Crippen molar-refractivity contribution < 1.29 is 19.2 Å². The molecule has 1 aromatic heterocycles. The second-order valence-corrected chi connectivity index (χ2v) is 4.83. The van der Waals surface area contributed by atoms with E-state index < -0.39 is 23.8 Å². The molecule has 21 heavy (non-hydrogen) atoms. The molecule has 0 saturated heterocycles. The number of carboxylic acid groups (broad SMARTS) is 1. The molecule has 1 amide bonds. The first-order chi connectivity index (χ1) is 9.99. The third-order valence-electron chi connectivity index (χ3n) is 3.30. The Kier molecular flexibility index (Phi) is 4.37. The molecule has 0 saturated carbocycles. The summed E-state index contributed by atoms with van der Waals surface area (Å²) in [7, 11) is 0. The Balaban J connectivity index is 2.08. The molecule has 1 aromatic carbocycles. The summed E-state index contributed by atoms with van der Waals surface area (Å²) in [6.45, 7) is 3.17. The molecule has 0 aliphatic heterocycles. The molecule has 2 aromatic rings. The highest BCUT2D eigenvalue weighted by Gasteiger charge is 2.23. The van der Waals surface area contributed by atoms with Crippen LogP contribution in [0.15, 0.2) is 40.9 Å². The van der Waals surface area contributed by atoms with E-state index in [1.165, 1.54) is 13.0 Å². The molecule has 2 rings (SSSR count). The van der Waals surface area contributed by atoms with Crippen molar-refractivity contribution in [2.24, 2.45) is 5.92 Å². The van der Waals surface area contributed by atoms with Crippen LogP contribution in [0.25, 0.3) is 11.3 Å². The fourth-order valence-electron chi connectivity index (χ4n) is 1.74. The number of amides is 1. The van der Waals surface area contributed by atoms with Gasteiger partial charge in [-0.15, -0.1) is 0 Å². The molecule has 0 aliphatic carbocycles. The van der Waals surface area contributed by atoms with E-state index in [2.05, 4.69) is 10.5 Å². The maximum atomic E-state index is 12.0. The Morgan fingerprint density at radius 2 is 1.90 bits per heavy atom. The summed E-state index contributed by atoms with van der Waals surface area (Å²) in [4.78, 5) is 22.9. The zero-order valence-electron chi connectivity index (χ0n) is 11.7. The van der Waals surface area contributed by atoms with Crippen LogP contribution in [-0.2, 0) is 4.79 Å². The summed E-state index contributed by atoms with van der Waals surface area (Å²) in [6, 6.07) is 10.3. The summed E-state index contributed by atoms with van der Waals surface area (Å²) in [5.74, 6) is -1.62. The highest BCUT2D eigenvalue weighted by molar-refractivity contribution is 5.93. The molecule has 0 bridgehead atoms. The lowest BCUT2D eigenvalue weighted by Gasteiger charge is -2.16. The van der Waals surface area contributed by atoms with E-state index in [0.717, 1.165) is 5.56 Å². The molecule has 2 unspecified atom stereocenters. The number of carbonyl (C=O) groups is 2. The van der Waals surface area contributed by atoms with Crippen LogP contribution in [-0.4, -0.2) is 28.2 Å². The fraction of sp³-hybridized carbons (Fsp3) is 0.267. The number of hydrogen-bond donors (Lipinski definition) is 2. The SMILES string of the molecule is CC(NC(=O)c1cc(-c2ccccc2)on1)C(C)C(=O)O. The van der Waals surface area contributed by atoms with Crippen molar-refractivity contribution in [2.45, 2.75) is 19.9 Å². The van der Waals surface area contributed by atoms with Crippen LogP contribution in [0.5, 0.6) is 0 Å². The lowest BCUT2D eigenvalue weighted by atomic mass is 10.0. The van der Waals surface area contributed by atoms with Crippen molar-refractivity contribution in [3.05, 3.63) is 42.1 Å². The maximum absolute atomic E-state index is 12.0. The number of aliphatic carboxylic acids is 1. The van der Waals surface area contributed by atoms with Gasteiger partial charge < -0.3 is 14.9 Å². The van der Waals surface area contributed by atoms with Crippen molar-refractivity contribution >= 4 is 11.9 Å². The average molecular weight is 288 g/mol. The molecule has 0 spiro atoms. The third-order valence-corrected chi connectivity index (χ3v) is 3.30. The number of nitrogens with one attached hydrogen (secondary N) is 1. The minimum atomic E-state index is -0.965. The van der Waals surface area contributed by atoms with Crippen molar-refractivity contribution in [1.29, 1.82) is 0 Å². The van der Waals surface area contributed by atoms with Crippen molar-refractivity contribution in [2.75, 3.05) is 0 Å². The van der Waals surface area contributed by atoms with E-state index in [4.69, 9.17) is 9.63 Å². The van der Waals surface area contributed by atoms with E-state index in [1.54, 1.807) is 6.92 Å². The Morgan fingerprint density at radius 3 is 2.52 bits per heavy atom. The molecular weight excluding hydrogens is 272 g/mol. The predicted octanol–water partition coefficient (Wildman–Crippen LogP) is 2.18. The molecule has 6 heteroatoms. The molecule has 0 aliphatic rings. The Bertz CT molecular complexity index is 636. The second-order valence-electron chi connectivity index (χ2n) is 4.83. The van der Waals surface area contributed by atoms with Gasteiger partial charge in [0.2, 0.25) is 0 Å². The molecule has 6 nitrogen and oxygen atoms in total. The van der Waals surface area contributed by atoms with Crippen LogP contribution in [0.1, 0.15) is 24.3 Å². The number of benzene rings is 1. The van der Waals surface area contributed by atoms with Crippen molar-refractivity contribution in [3.8, 4) is 11.3 Å². The minimum Gasteiger partial charge on any atom is -0.481 e. The van der Waals surface area contributed by atoms with Gasteiger partial charge in [-0.3, -0.25) is 9.59 Å². The number of hydrogen-bond acceptors (Lipinski definition) is 4. The Morgan fingerprint density at radius 1 is 1.24 bits per heavy atom. The fourth-order valence-corrected chi connectivity index (χ4v) is 1.74. The van der Waals surface area contributed by atoms with Gasteiger partial charge >= 0.3 is 5.97 Å². The Labute approximate surface area is 121 Å². The number of carboxylic acids is 1. The van der Waals surface area contributed by atoms with Gasteiger partial charge in [0.25, 0.3) is 5.91 Å². The van der Waals surface area contributed by atoms with Gasteiger partial charge in [0.1, 0.15) is 0 Å². The number of rotatable bonds is 5. The van der Waals surface area contributed by atoms with Gasteiger partial charge in [0.05, 0.1) is 5.92 Å². The minimum absolute atomic E-state index is 0.123. The second kappa shape index (κ2) is 6.21. The largest absolute Gasteiger partial charge is 0.481 e. The first-order valence-electron chi connectivity index (χ1n) is 6.55. The molecule has 0 radical (unpaired) electrons. The smallest absolute Gasteiger partial charge is 0.308 e. The first kappa shape index (κ1) is 14.8. The Hall–Kier alpha value is -2.63. The standard InChI is InChI=1S/C15H16N2O4/c1-9(15(19)20)10(2)16-14(18)12-8-13(21-17-12)11-6-4-3-5-7-11/h3-10H,1-2H3,(H,16,18)(H,19,20). The van der Waals surface area contributed by atoms with E-state index in [-0.39, 0.29) is 5.69 Å². The zero-order chi connectivity index (χ0) is 15.4. The average Bonchev–Trinajstić information content (AvgIpc) is 2.97. The van der Waals surface area contributed by atoms with Gasteiger partial charge in [-0.1, -0.05) is 35.5 Å². The van der Waals surface area contributed by atoms with Crippen LogP contribution in [0.4, 0.5) is 0 Å². The summed E-state index contributed by atoms with van der Waals surface area (Å²) in [5, 5.41) is 15.2. The molecule has 110 valence electrons. The van der Waals surface area contributed by atoms with Crippen LogP contribution < -0.4 is 5.32 Å². The molecule has 2 atom stereocenters. The summed E-state index contributed by atoms with van der Waals surface area (Å²) >= 11 is 0. The number of aromatic nitrogens is 1. The summed E-state index contributed by atoms with van der Waals surface area (Å²) in [6.07, 6.45) is 0. The predicted molar refractivity (Wildman–Crippen MR) is 75.7 cm³/mol. The highest BCUT2D eigenvalue weighted by Crippen LogP contribution is 2.19. The van der Waals surface area contributed by atoms with Gasteiger partial charge in [0, 0.05) is 17.7 Å². The molecule has 2 N–H and O–H groups in total.